The second kappa shape index (κ2) is 7.43. The van der Waals surface area contributed by atoms with Crippen molar-refractivity contribution < 1.29 is 14.2 Å². The highest BCUT2D eigenvalue weighted by molar-refractivity contribution is 5.53. The molecule has 0 atom stereocenters. The van der Waals surface area contributed by atoms with Gasteiger partial charge in [0.15, 0.2) is 0 Å². The van der Waals surface area contributed by atoms with E-state index < -0.39 is 0 Å². The Labute approximate surface area is 125 Å². The molecule has 2 N–H and O–H groups in total. The van der Waals surface area contributed by atoms with Crippen LogP contribution >= 0.6 is 0 Å². The molecule has 4 heteroatoms. The van der Waals surface area contributed by atoms with Crippen LogP contribution in [0, 0.1) is 6.92 Å². The van der Waals surface area contributed by atoms with Crippen LogP contribution in [0.25, 0.3) is 0 Å². The molecule has 0 amide bonds. The van der Waals surface area contributed by atoms with Crippen molar-refractivity contribution >= 4 is 5.69 Å². The van der Waals surface area contributed by atoms with E-state index in [1.165, 1.54) is 0 Å². The molecule has 0 aliphatic carbocycles. The molecule has 0 aromatic heterocycles. The van der Waals surface area contributed by atoms with Gasteiger partial charge >= 0.3 is 0 Å². The number of nitrogen functional groups attached to an aromatic ring is 1. The first-order valence-corrected chi connectivity index (χ1v) is 6.95. The molecule has 112 valence electrons. The molecule has 0 radical (unpaired) electrons. The van der Waals surface area contributed by atoms with Crippen LogP contribution in [-0.2, 0) is 0 Å². The summed E-state index contributed by atoms with van der Waals surface area (Å²) in [4.78, 5) is 0. The van der Waals surface area contributed by atoms with E-state index in [-0.39, 0.29) is 0 Å². The third kappa shape index (κ3) is 4.31. The van der Waals surface area contributed by atoms with E-state index in [0.29, 0.717) is 13.2 Å². The van der Waals surface area contributed by atoms with Crippen LogP contribution < -0.4 is 19.9 Å². The minimum absolute atomic E-state index is 0.598. The zero-order valence-corrected chi connectivity index (χ0v) is 12.5. The summed E-state index contributed by atoms with van der Waals surface area (Å²) in [6.45, 7) is 3.16. The monoisotopic (exact) mass is 287 g/mol. The highest BCUT2D eigenvalue weighted by atomic mass is 16.5. The number of hydrogen-bond acceptors (Lipinski definition) is 4. The maximum Gasteiger partial charge on any atom is 0.124 e. The Balaban J connectivity index is 1.71. The van der Waals surface area contributed by atoms with Crippen molar-refractivity contribution in [2.24, 2.45) is 0 Å². The van der Waals surface area contributed by atoms with Crippen molar-refractivity contribution in [3.8, 4) is 17.2 Å². The number of methoxy groups -OCH3 is 1. The van der Waals surface area contributed by atoms with Crippen LogP contribution in [0.4, 0.5) is 5.69 Å². The standard InChI is InChI=1S/C17H21NO3/c1-13-16(18)5-3-6-17(13)21-12-4-11-20-15-9-7-14(19-2)8-10-15/h3,5-10H,4,11-12,18H2,1-2H3. The number of nitrogens with two attached hydrogens (primary N) is 1. The summed E-state index contributed by atoms with van der Waals surface area (Å²) in [6, 6.07) is 13.2. The number of ether oxygens (including phenoxy) is 3. The largest absolute Gasteiger partial charge is 0.497 e. The number of anilines is 1. The van der Waals surface area contributed by atoms with Gasteiger partial charge in [0.1, 0.15) is 17.2 Å². The minimum atomic E-state index is 0.598. The Morgan fingerprint density at radius 3 is 2.29 bits per heavy atom. The minimum Gasteiger partial charge on any atom is -0.497 e. The number of hydrogen-bond donors (Lipinski definition) is 1. The lowest BCUT2D eigenvalue weighted by Gasteiger charge is -2.11. The SMILES string of the molecule is COc1ccc(OCCCOc2cccc(N)c2C)cc1. The smallest absolute Gasteiger partial charge is 0.124 e. The van der Waals surface area contributed by atoms with Gasteiger partial charge in [-0.1, -0.05) is 6.07 Å². The van der Waals surface area contributed by atoms with Crippen molar-refractivity contribution in [1.29, 1.82) is 0 Å². The summed E-state index contributed by atoms with van der Waals surface area (Å²) < 4.78 is 16.4. The van der Waals surface area contributed by atoms with Crippen LogP contribution in [0.3, 0.4) is 0 Å². The van der Waals surface area contributed by atoms with Gasteiger partial charge in [-0.2, -0.15) is 0 Å². The quantitative estimate of drug-likeness (QED) is 0.626. The second-order valence-electron chi connectivity index (χ2n) is 4.70. The predicted octanol–water partition coefficient (Wildman–Crippen LogP) is 3.43. The van der Waals surface area contributed by atoms with Crippen LogP contribution in [0.2, 0.25) is 0 Å². The molecule has 0 saturated carbocycles. The highest BCUT2D eigenvalue weighted by Crippen LogP contribution is 2.23. The van der Waals surface area contributed by atoms with Gasteiger partial charge in [0.2, 0.25) is 0 Å². The molecule has 2 aromatic carbocycles. The van der Waals surface area contributed by atoms with Gasteiger partial charge < -0.3 is 19.9 Å². The third-order valence-corrected chi connectivity index (χ3v) is 3.20. The molecule has 0 bridgehead atoms. The molecule has 0 aliphatic heterocycles. The second-order valence-corrected chi connectivity index (χ2v) is 4.70. The normalized spacial score (nSPS) is 10.2. The molecule has 0 heterocycles. The maximum absolute atomic E-state index is 5.84. The molecule has 4 nitrogen and oxygen atoms in total. The Kier molecular flexibility index (Phi) is 5.32. The van der Waals surface area contributed by atoms with E-state index in [0.717, 1.165) is 34.9 Å². The summed E-state index contributed by atoms with van der Waals surface area (Å²) in [5.41, 5.74) is 7.57. The van der Waals surface area contributed by atoms with Gasteiger partial charge in [-0.05, 0) is 43.3 Å². The van der Waals surface area contributed by atoms with E-state index in [4.69, 9.17) is 19.9 Å². The molecule has 0 saturated heterocycles. The summed E-state index contributed by atoms with van der Waals surface area (Å²) in [5.74, 6) is 2.48. The molecular weight excluding hydrogens is 266 g/mol. The third-order valence-electron chi connectivity index (χ3n) is 3.20. The summed E-state index contributed by atoms with van der Waals surface area (Å²) >= 11 is 0. The van der Waals surface area contributed by atoms with Crippen molar-refractivity contribution in [2.75, 3.05) is 26.1 Å². The van der Waals surface area contributed by atoms with Crippen molar-refractivity contribution in [1.82, 2.24) is 0 Å². The van der Waals surface area contributed by atoms with E-state index >= 15 is 0 Å². The number of benzene rings is 2. The Bertz CT molecular complexity index is 567. The van der Waals surface area contributed by atoms with Gasteiger partial charge in [0.25, 0.3) is 0 Å². The van der Waals surface area contributed by atoms with E-state index in [9.17, 15) is 0 Å². The Hall–Kier alpha value is -2.36. The first kappa shape index (κ1) is 15.0. The zero-order chi connectivity index (χ0) is 15.1. The van der Waals surface area contributed by atoms with Crippen LogP contribution in [-0.4, -0.2) is 20.3 Å². The van der Waals surface area contributed by atoms with E-state index in [1.807, 2.05) is 49.4 Å². The van der Waals surface area contributed by atoms with Crippen LogP contribution in [0.15, 0.2) is 42.5 Å². The van der Waals surface area contributed by atoms with Crippen molar-refractivity contribution in [3.63, 3.8) is 0 Å². The molecule has 0 aliphatic rings. The fraction of sp³-hybridized carbons (Fsp3) is 0.294. The molecule has 21 heavy (non-hydrogen) atoms. The Morgan fingerprint density at radius 2 is 1.57 bits per heavy atom. The molecular formula is C17H21NO3. The zero-order valence-electron chi connectivity index (χ0n) is 12.5. The van der Waals surface area contributed by atoms with Gasteiger partial charge in [0, 0.05) is 17.7 Å². The van der Waals surface area contributed by atoms with Crippen LogP contribution in [0.1, 0.15) is 12.0 Å². The van der Waals surface area contributed by atoms with E-state index in [2.05, 4.69) is 0 Å². The summed E-state index contributed by atoms with van der Waals surface area (Å²) in [7, 11) is 1.64. The first-order chi connectivity index (χ1) is 10.2. The Morgan fingerprint density at radius 1 is 0.905 bits per heavy atom. The average Bonchev–Trinajstić information content (AvgIpc) is 2.51. The van der Waals surface area contributed by atoms with Gasteiger partial charge in [-0.3, -0.25) is 0 Å². The lowest BCUT2D eigenvalue weighted by Crippen LogP contribution is -2.06. The van der Waals surface area contributed by atoms with E-state index in [1.54, 1.807) is 7.11 Å². The van der Waals surface area contributed by atoms with Crippen LogP contribution in [0.5, 0.6) is 17.2 Å². The molecule has 0 spiro atoms. The highest BCUT2D eigenvalue weighted by Gasteiger charge is 2.02. The fourth-order valence-corrected chi connectivity index (χ4v) is 1.89. The molecule has 0 unspecified atom stereocenters. The number of rotatable bonds is 7. The average molecular weight is 287 g/mol. The van der Waals surface area contributed by atoms with Gasteiger partial charge in [-0.25, -0.2) is 0 Å². The maximum atomic E-state index is 5.84. The lowest BCUT2D eigenvalue weighted by molar-refractivity contribution is 0.246. The lowest BCUT2D eigenvalue weighted by atomic mass is 10.2. The topological polar surface area (TPSA) is 53.7 Å². The summed E-state index contributed by atoms with van der Waals surface area (Å²) in [6.07, 6.45) is 0.806. The molecule has 0 fully saturated rings. The molecule has 2 rings (SSSR count). The first-order valence-electron chi connectivity index (χ1n) is 6.95. The van der Waals surface area contributed by atoms with Gasteiger partial charge in [0.05, 0.1) is 20.3 Å². The van der Waals surface area contributed by atoms with Crippen molar-refractivity contribution in [2.45, 2.75) is 13.3 Å². The fourth-order valence-electron chi connectivity index (χ4n) is 1.89. The predicted molar refractivity (Wildman–Crippen MR) is 84.2 cm³/mol. The summed E-state index contributed by atoms with van der Waals surface area (Å²) in [5, 5.41) is 0. The van der Waals surface area contributed by atoms with Gasteiger partial charge in [-0.15, -0.1) is 0 Å². The molecule has 2 aromatic rings. The van der Waals surface area contributed by atoms with Crippen molar-refractivity contribution in [3.05, 3.63) is 48.0 Å².